The summed E-state index contributed by atoms with van der Waals surface area (Å²) in [5.74, 6) is -0.826. The zero-order chi connectivity index (χ0) is 15.3. The number of aliphatic carboxylic acids is 1. The SMILES string of the molecule is CC(NC(=O)CC1(CC(=O)O)CCCCC1)c1ccsc1. The molecule has 21 heavy (non-hydrogen) atoms. The van der Waals surface area contributed by atoms with E-state index >= 15 is 0 Å². The molecule has 1 aliphatic rings. The van der Waals surface area contributed by atoms with Gasteiger partial charge >= 0.3 is 5.97 Å². The molecule has 1 aliphatic carbocycles. The van der Waals surface area contributed by atoms with E-state index in [2.05, 4.69) is 5.32 Å². The molecule has 1 fully saturated rings. The molecule has 4 nitrogen and oxygen atoms in total. The number of amides is 1. The molecule has 1 unspecified atom stereocenters. The second kappa shape index (κ2) is 7.07. The molecule has 116 valence electrons. The summed E-state index contributed by atoms with van der Waals surface area (Å²) in [5, 5.41) is 16.2. The number of carbonyl (C=O) groups excluding carboxylic acids is 1. The Morgan fingerprint density at radius 3 is 2.62 bits per heavy atom. The summed E-state index contributed by atoms with van der Waals surface area (Å²) in [6.07, 6.45) is 5.33. The van der Waals surface area contributed by atoms with Crippen LogP contribution < -0.4 is 5.32 Å². The Morgan fingerprint density at radius 1 is 1.33 bits per heavy atom. The van der Waals surface area contributed by atoms with Gasteiger partial charge in [0, 0.05) is 6.42 Å². The van der Waals surface area contributed by atoms with Gasteiger partial charge < -0.3 is 10.4 Å². The van der Waals surface area contributed by atoms with Crippen molar-refractivity contribution in [2.75, 3.05) is 0 Å². The van der Waals surface area contributed by atoms with E-state index in [1.807, 2.05) is 23.8 Å². The fraction of sp³-hybridized carbons (Fsp3) is 0.625. The van der Waals surface area contributed by atoms with Crippen LogP contribution in [0.2, 0.25) is 0 Å². The topological polar surface area (TPSA) is 66.4 Å². The van der Waals surface area contributed by atoms with E-state index in [0.29, 0.717) is 6.42 Å². The van der Waals surface area contributed by atoms with Crippen LogP contribution in [0.25, 0.3) is 0 Å². The van der Waals surface area contributed by atoms with Crippen molar-refractivity contribution in [3.63, 3.8) is 0 Å². The average molecular weight is 309 g/mol. The lowest BCUT2D eigenvalue weighted by molar-refractivity contribution is -0.141. The van der Waals surface area contributed by atoms with Gasteiger partial charge in [-0.15, -0.1) is 0 Å². The van der Waals surface area contributed by atoms with Crippen molar-refractivity contribution in [1.82, 2.24) is 5.32 Å². The smallest absolute Gasteiger partial charge is 0.303 e. The zero-order valence-electron chi connectivity index (χ0n) is 12.4. The summed E-state index contributed by atoms with van der Waals surface area (Å²) in [4.78, 5) is 23.4. The van der Waals surface area contributed by atoms with E-state index in [4.69, 9.17) is 5.11 Å². The molecule has 0 spiro atoms. The van der Waals surface area contributed by atoms with Gasteiger partial charge in [0.2, 0.25) is 5.91 Å². The molecule has 2 rings (SSSR count). The first-order valence-electron chi connectivity index (χ1n) is 7.54. The first kappa shape index (κ1) is 16.0. The standard InChI is InChI=1S/C16H23NO3S/c1-12(13-5-8-21-11-13)17-14(18)9-16(10-15(19)20)6-3-2-4-7-16/h5,8,11-12H,2-4,6-7,9-10H2,1H3,(H,17,18)(H,19,20). The summed E-state index contributed by atoms with van der Waals surface area (Å²) in [7, 11) is 0. The molecule has 1 heterocycles. The van der Waals surface area contributed by atoms with E-state index in [1.54, 1.807) is 11.3 Å². The van der Waals surface area contributed by atoms with Crippen molar-refractivity contribution in [2.45, 2.75) is 57.9 Å². The number of carboxylic acid groups (broad SMARTS) is 1. The van der Waals surface area contributed by atoms with Crippen molar-refractivity contribution < 1.29 is 14.7 Å². The lowest BCUT2D eigenvalue weighted by Crippen LogP contribution is -2.36. The minimum Gasteiger partial charge on any atom is -0.481 e. The molecule has 2 N–H and O–H groups in total. The van der Waals surface area contributed by atoms with Gasteiger partial charge in [-0.1, -0.05) is 19.3 Å². The highest BCUT2D eigenvalue weighted by Crippen LogP contribution is 2.42. The van der Waals surface area contributed by atoms with Gasteiger partial charge in [-0.05, 0) is 47.6 Å². The molecule has 1 aromatic rings. The maximum absolute atomic E-state index is 12.3. The van der Waals surface area contributed by atoms with E-state index in [1.165, 1.54) is 0 Å². The zero-order valence-corrected chi connectivity index (χ0v) is 13.2. The number of carbonyl (C=O) groups is 2. The van der Waals surface area contributed by atoms with Crippen LogP contribution in [-0.4, -0.2) is 17.0 Å². The Hall–Kier alpha value is -1.36. The molecule has 1 atom stereocenters. The van der Waals surface area contributed by atoms with Gasteiger partial charge in [0.1, 0.15) is 0 Å². The predicted octanol–water partition coefficient (Wildman–Crippen LogP) is 3.74. The molecule has 0 aromatic carbocycles. The minimum absolute atomic E-state index is 0.0192. The fourth-order valence-electron chi connectivity index (χ4n) is 3.28. The third-order valence-corrected chi connectivity index (χ3v) is 5.10. The molecule has 5 heteroatoms. The monoisotopic (exact) mass is 309 g/mol. The predicted molar refractivity (Wildman–Crippen MR) is 83.3 cm³/mol. The van der Waals surface area contributed by atoms with Crippen molar-refractivity contribution >= 4 is 23.2 Å². The second-order valence-electron chi connectivity index (χ2n) is 6.15. The van der Waals surface area contributed by atoms with E-state index in [9.17, 15) is 9.59 Å². The molecule has 0 radical (unpaired) electrons. The van der Waals surface area contributed by atoms with E-state index < -0.39 is 5.97 Å². The minimum atomic E-state index is -0.796. The quantitative estimate of drug-likeness (QED) is 0.841. The first-order valence-corrected chi connectivity index (χ1v) is 8.48. The highest BCUT2D eigenvalue weighted by Gasteiger charge is 2.36. The molecule has 1 amide bonds. The van der Waals surface area contributed by atoms with Gasteiger partial charge in [-0.25, -0.2) is 0 Å². The van der Waals surface area contributed by atoms with Gasteiger partial charge in [-0.2, -0.15) is 11.3 Å². The third-order valence-electron chi connectivity index (χ3n) is 4.40. The maximum atomic E-state index is 12.3. The normalized spacial score (nSPS) is 18.9. The van der Waals surface area contributed by atoms with E-state index in [0.717, 1.165) is 37.7 Å². The Bertz CT molecular complexity index is 478. The first-order chi connectivity index (χ1) is 10.0. The van der Waals surface area contributed by atoms with Gasteiger partial charge in [0.15, 0.2) is 0 Å². The van der Waals surface area contributed by atoms with Crippen LogP contribution in [-0.2, 0) is 9.59 Å². The Morgan fingerprint density at radius 2 is 2.05 bits per heavy atom. The summed E-state index contributed by atoms with van der Waals surface area (Å²) >= 11 is 1.61. The molecule has 1 saturated carbocycles. The van der Waals surface area contributed by atoms with E-state index in [-0.39, 0.29) is 23.8 Å². The number of hydrogen-bond donors (Lipinski definition) is 2. The average Bonchev–Trinajstić information content (AvgIpc) is 2.92. The largest absolute Gasteiger partial charge is 0.481 e. The fourth-order valence-corrected chi connectivity index (χ4v) is 4.03. The number of nitrogens with one attached hydrogen (secondary N) is 1. The Balaban J connectivity index is 1.96. The molecular weight excluding hydrogens is 286 g/mol. The molecule has 0 bridgehead atoms. The number of thiophene rings is 1. The lowest BCUT2D eigenvalue weighted by atomic mass is 9.69. The highest BCUT2D eigenvalue weighted by molar-refractivity contribution is 7.07. The Labute approximate surface area is 129 Å². The van der Waals surface area contributed by atoms with Crippen LogP contribution >= 0.6 is 11.3 Å². The maximum Gasteiger partial charge on any atom is 0.303 e. The second-order valence-corrected chi connectivity index (χ2v) is 6.93. The van der Waals surface area contributed by atoms with Crippen molar-refractivity contribution in [3.8, 4) is 0 Å². The van der Waals surface area contributed by atoms with Crippen LogP contribution in [0.4, 0.5) is 0 Å². The summed E-state index contributed by atoms with van der Waals surface area (Å²) < 4.78 is 0. The van der Waals surface area contributed by atoms with Crippen molar-refractivity contribution in [2.24, 2.45) is 5.41 Å². The number of carboxylic acids is 1. The molecular formula is C16H23NO3S. The molecule has 0 saturated heterocycles. The summed E-state index contributed by atoms with van der Waals surface area (Å²) in [6, 6.07) is 1.98. The lowest BCUT2D eigenvalue weighted by Gasteiger charge is -2.35. The molecule has 1 aromatic heterocycles. The third kappa shape index (κ3) is 4.56. The van der Waals surface area contributed by atoms with Crippen molar-refractivity contribution in [1.29, 1.82) is 0 Å². The van der Waals surface area contributed by atoms with Gasteiger partial charge in [0.25, 0.3) is 0 Å². The summed E-state index contributed by atoms with van der Waals surface area (Å²) in [5.41, 5.74) is 0.756. The summed E-state index contributed by atoms with van der Waals surface area (Å²) in [6.45, 7) is 1.96. The van der Waals surface area contributed by atoms with Gasteiger partial charge in [-0.3, -0.25) is 9.59 Å². The van der Waals surface area contributed by atoms with Crippen LogP contribution in [0, 0.1) is 5.41 Å². The number of hydrogen-bond acceptors (Lipinski definition) is 3. The van der Waals surface area contributed by atoms with Crippen LogP contribution in [0.3, 0.4) is 0 Å². The number of rotatable bonds is 6. The van der Waals surface area contributed by atoms with Crippen LogP contribution in [0.1, 0.15) is 63.5 Å². The highest BCUT2D eigenvalue weighted by atomic mass is 32.1. The molecule has 0 aliphatic heterocycles. The van der Waals surface area contributed by atoms with Crippen LogP contribution in [0.5, 0.6) is 0 Å². The Kier molecular flexibility index (Phi) is 5.39. The van der Waals surface area contributed by atoms with Gasteiger partial charge in [0.05, 0.1) is 12.5 Å². The van der Waals surface area contributed by atoms with Crippen LogP contribution in [0.15, 0.2) is 16.8 Å². The van der Waals surface area contributed by atoms with Crippen molar-refractivity contribution in [3.05, 3.63) is 22.4 Å².